The minimum atomic E-state index is -1.06. The number of rotatable bonds is 11. The number of aromatic carboxylic acids is 1. The molecular formula is C23H30N6O4S. The van der Waals surface area contributed by atoms with Gasteiger partial charge in [-0.3, -0.25) is 14.9 Å². The number of nitrogens with one attached hydrogen (secondary N) is 3. The van der Waals surface area contributed by atoms with E-state index in [1.807, 2.05) is 25.9 Å². The van der Waals surface area contributed by atoms with Crippen LogP contribution in [-0.2, 0) is 12.8 Å². The number of nitrogens with two attached hydrogens (primary N) is 1. The Morgan fingerprint density at radius 3 is 2.65 bits per heavy atom. The lowest BCUT2D eigenvalue weighted by atomic mass is 10.0. The average molecular weight is 487 g/mol. The van der Waals surface area contributed by atoms with E-state index < -0.39 is 5.97 Å². The fourth-order valence-electron chi connectivity index (χ4n) is 3.58. The number of nitrogens with zero attached hydrogens (tertiary/aromatic N) is 2. The number of carbonyl (C=O) groups is 3. The zero-order valence-corrected chi connectivity index (χ0v) is 20.3. The molecule has 2 heterocycles. The topological polar surface area (TPSA) is 153 Å². The third-order valence-electron chi connectivity index (χ3n) is 5.31. The summed E-state index contributed by atoms with van der Waals surface area (Å²) in [5.74, 6) is -1.71. The zero-order valence-electron chi connectivity index (χ0n) is 19.5. The van der Waals surface area contributed by atoms with Gasteiger partial charge in [-0.2, -0.15) is 0 Å². The SMILES string of the molecule is CCc1sc(NC(=O)c2ccc3[nH]c(C(=O)O)c(CCCN)c3c2)nc1C(=O)NCCN(C)C. The summed E-state index contributed by atoms with van der Waals surface area (Å²) in [6.45, 7) is 3.56. The van der Waals surface area contributed by atoms with Gasteiger partial charge in [0.1, 0.15) is 11.4 Å². The summed E-state index contributed by atoms with van der Waals surface area (Å²) < 4.78 is 0. The Balaban J connectivity index is 1.82. The van der Waals surface area contributed by atoms with Gasteiger partial charge in [-0.15, -0.1) is 11.3 Å². The van der Waals surface area contributed by atoms with Gasteiger partial charge < -0.3 is 26.0 Å². The summed E-state index contributed by atoms with van der Waals surface area (Å²) in [6, 6.07) is 4.98. The highest BCUT2D eigenvalue weighted by atomic mass is 32.1. The molecule has 0 fully saturated rings. The number of H-pyrrole nitrogens is 1. The normalized spacial score (nSPS) is 11.2. The maximum Gasteiger partial charge on any atom is 0.352 e. The molecule has 6 N–H and O–H groups in total. The molecule has 0 aliphatic rings. The standard InChI is InChI=1S/C23H30N6O4S/c1-4-17-19(21(31)25-10-11-29(2)3)27-23(34-17)28-20(30)13-7-8-16-15(12-13)14(6-5-9-24)18(26-16)22(32)33/h7-8,12,26H,4-6,9-11,24H2,1-3H3,(H,25,31)(H,32,33)(H,27,28,30). The van der Waals surface area contributed by atoms with Gasteiger partial charge in [-0.1, -0.05) is 6.92 Å². The molecule has 0 radical (unpaired) electrons. The highest BCUT2D eigenvalue weighted by Crippen LogP contribution is 2.27. The molecule has 0 bridgehead atoms. The Bertz CT molecular complexity index is 1200. The van der Waals surface area contributed by atoms with Crippen LogP contribution in [0.5, 0.6) is 0 Å². The van der Waals surface area contributed by atoms with Crippen LogP contribution in [0.2, 0.25) is 0 Å². The van der Waals surface area contributed by atoms with Crippen molar-refractivity contribution in [2.24, 2.45) is 5.73 Å². The van der Waals surface area contributed by atoms with Crippen molar-refractivity contribution in [1.29, 1.82) is 0 Å². The summed E-state index contributed by atoms with van der Waals surface area (Å²) in [5.41, 5.74) is 7.66. The molecule has 3 aromatic rings. The van der Waals surface area contributed by atoms with E-state index in [0.717, 1.165) is 4.88 Å². The van der Waals surface area contributed by atoms with E-state index in [4.69, 9.17) is 5.73 Å². The number of fused-ring (bicyclic) bond motifs is 1. The van der Waals surface area contributed by atoms with Gasteiger partial charge in [0.15, 0.2) is 5.13 Å². The Morgan fingerprint density at radius 2 is 2.00 bits per heavy atom. The van der Waals surface area contributed by atoms with Crippen LogP contribution < -0.4 is 16.4 Å². The van der Waals surface area contributed by atoms with Gasteiger partial charge in [0.2, 0.25) is 0 Å². The van der Waals surface area contributed by atoms with Crippen LogP contribution >= 0.6 is 11.3 Å². The number of hydrogen-bond donors (Lipinski definition) is 5. The first-order valence-electron chi connectivity index (χ1n) is 11.1. The van der Waals surface area contributed by atoms with Crippen molar-refractivity contribution < 1.29 is 19.5 Å². The largest absolute Gasteiger partial charge is 0.477 e. The lowest BCUT2D eigenvalue weighted by Crippen LogP contribution is -2.32. The maximum absolute atomic E-state index is 13.0. The third kappa shape index (κ3) is 5.79. The van der Waals surface area contributed by atoms with Crippen LogP contribution in [0.3, 0.4) is 0 Å². The molecule has 0 aliphatic carbocycles. The van der Waals surface area contributed by atoms with Crippen LogP contribution in [0.15, 0.2) is 18.2 Å². The van der Waals surface area contributed by atoms with Crippen molar-refractivity contribution >= 4 is 45.2 Å². The highest BCUT2D eigenvalue weighted by Gasteiger charge is 2.21. The number of amides is 2. The average Bonchev–Trinajstić information content (AvgIpc) is 3.38. The second-order valence-electron chi connectivity index (χ2n) is 8.09. The smallest absolute Gasteiger partial charge is 0.352 e. The summed E-state index contributed by atoms with van der Waals surface area (Å²) in [6.07, 6.45) is 1.73. The Morgan fingerprint density at radius 1 is 1.24 bits per heavy atom. The van der Waals surface area contributed by atoms with Crippen LogP contribution in [0, 0.1) is 0 Å². The fourth-order valence-corrected chi connectivity index (χ4v) is 4.47. The molecule has 11 heteroatoms. The van der Waals surface area contributed by atoms with Crippen molar-refractivity contribution in [2.45, 2.75) is 26.2 Å². The number of anilines is 1. The number of thiazole rings is 1. The van der Waals surface area contributed by atoms with Gasteiger partial charge in [0.05, 0.1) is 0 Å². The minimum Gasteiger partial charge on any atom is -0.477 e. The number of likely N-dealkylation sites (N-methyl/N-ethyl adjacent to an activating group) is 1. The van der Waals surface area contributed by atoms with Gasteiger partial charge in [0, 0.05) is 34.4 Å². The summed E-state index contributed by atoms with van der Waals surface area (Å²) in [5, 5.41) is 16.2. The molecule has 1 aromatic carbocycles. The number of aryl methyl sites for hydroxylation is 2. The molecule has 0 saturated heterocycles. The summed E-state index contributed by atoms with van der Waals surface area (Å²) >= 11 is 1.26. The fraction of sp³-hybridized carbons (Fsp3) is 0.391. The lowest BCUT2D eigenvalue weighted by molar-refractivity contribution is 0.0689. The molecule has 2 aromatic heterocycles. The number of hydrogen-bond acceptors (Lipinski definition) is 7. The summed E-state index contributed by atoms with van der Waals surface area (Å²) in [7, 11) is 3.85. The molecule has 0 spiro atoms. The van der Waals surface area contributed by atoms with E-state index in [1.54, 1.807) is 18.2 Å². The molecule has 10 nitrogen and oxygen atoms in total. The van der Waals surface area contributed by atoms with Crippen LogP contribution in [0.25, 0.3) is 10.9 Å². The maximum atomic E-state index is 13.0. The van der Waals surface area contributed by atoms with Crippen molar-refractivity contribution in [2.75, 3.05) is 39.0 Å². The molecular weight excluding hydrogens is 456 g/mol. The Hall–Kier alpha value is -3.28. The molecule has 182 valence electrons. The third-order valence-corrected chi connectivity index (χ3v) is 6.43. The second kappa shape index (κ2) is 11.2. The molecule has 3 rings (SSSR count). The van der Waals surface area contributed by atoms with Crippen molar-refractivity contribution in [3.63, 3.8) is 0 Å². The molecule has 2 amide bonds. The van der Waals surface area contributed by atoms with E-state index in [-0.39, 0.29) is 17.5 Å². The molecule has 0 unspecified atom stereocenters. The molecule has 0 aliphatic heterocycles. The van der Waals surface area contributed by atoms with E-state index in [0.29, 0.717) is 71.8 Å². The predicted molar refractivity (Wildman–Crippen MR) is 133 cm³/mol. The summed E-state index contributed by atoms with van der Waals surface area (Å²) in [4.78, 5) is 47.2. The van der Waals surface area contributed by atoms with E-state index in [1.165, 1.54) is 11.3 Å². The number of carboxylic acid groups (broad SMARTS) is 1. The quantitative estimate of drug-likeness (QED) is 0.279. The monoisotopic (exact) mass is 486 g/mol. The molecule has 0 atom stereocenters. The van der Waals surface area contributed by atoms with E-state index in [9.17, 15) is 19.5 Å². The van der Waals surface area contributed by atoms with Crippen LogP contribution in [-0.4, -0.2) is 71.5 Å². The molecule has 34 heavy (non-hydrogen) atoms. The van der Waals surface area contributed by atoms with Crippen molar-refractivity contribution in [3.05, 3.63) is 45.6 Å². The number of benzene rings is 1. The number of aromatic nitrogens is 2. The highest BCUT2D eigenvalue weighted by molar-refractivity contribution is 7.16. The van der Waals surface area contributed by atoms with Crippen molar-refractivity contribution in [3.8, 4) is 0 Å². The van der Waals surface area contributed by atoms with Gasteiger partial charge >= 0.3 is 5.97 Å². The molecule has 0 saturated carbocycles. The van der Waals surface area contributed by atoms with Crippen molar-refractivity contribution in [1.82, 2.24) is 20.2 Å². The van der Waals surface area contributed by atoms with Gasteiger partial charge in [-0.05, 0) is 63.7 Å². The Labute approximate surface area is 201 Å². The lowest BCUT2D eigenvalue weighted by Gasteiger charge is -2.09. The number of carbonyl (C=O) groups excluding carboxylic acids is 2. The zero-order chi connectivity index (χ0) is 24.8. The number of carboxylic acids is 1. The predicted octanol–water partition coefficient (Wildman–Crippen LogP) is 2.32. The van der Waals surface area contributed by atoms with Crippen LogP contribution in [0.1, 0.15) is 55.1 Å². The van der Waals surface area contributed by atoms with Gasteiger partial charge in [-0.25, -0.2) is 9.78 Å². The first-order valence-corrected chi connectivity index (χ1v) is 11.9. The van der Waals surface area contributed by atoms with E-state index in [2.05, 4.69) is 20.6 Å². The van der Waals surface area contributed by atoms with Crippen LogP contribution in [0.4, 0.5) is 5.13 Å². The first kappa shape index (κ1) is 25.3. The van der Waals surface area contributed by atoms with Gasteiger partial charge in [0.25, 0.3) is 11.8 Å². The first-order chi connectivity index (χ1) is 16.2. The second-order valence-corrected chi connectivity index (χ2v) is 9.18. The number of aromatic amines is 1. The minimum absolute atomic E-state index is 0.110. The van der Waals surface area contributed by atoms with E-state index >= 15 is 0 Å². The Kier molecular flexibility index (Phi) is 8.37.